The van der Waals surface area contributed by atoms with E-state index >= 15 is 0 Å². The van der Waals surface area contributed by atoms with Crippen molar-refractivity contribution in [1.82, 2.24) is 4.90 Å². The van der Waals surface area contributed by atoms with Crippen LogP contribution in [0.4, 0.5) is 17.1 Å². The molecule has 3 rings (SSSR count). The van der Waals surface area contributed by atoms with Crippen LogP contribution in [0, 0.1) is 10.1 Å². The van der Waals surface area contributed by atoms with Crippen LogP contribution in [0.1, 0.15) is 17.3 Å². The number of amides is 1. The Morgan fingerprint density at radius 3 is 2.36 bits per heavy atom. The van der Waals surface area contributed by atoms with Gasteiger partial charge in [0.25, 0.3) is 5.69 Å². The topological polar surface area (TPSA) is 95.8 Å². The molecular weight excluding hydrogens is 360 g/mol. The van der Waals surface area contributed by atoms with E-state index in [1.165, 1.54) is 12.1 Å². The number of benzene rings is 2. The van der Waals surface area contributed by atoms with Crippen molar-refractivity contribution in [3.8, 4) is 0 Å². The molecule has 1 amide bonds. The summed E-state index contributed by atoms with van der Waals surface area (Å²) in [5.41, 5.74) is 2.12. The van der Waals surface area contributed by atoms with Crippen LogP contribution in [0.2, 0.25) is 0 Å². The average Bonchev–Trinajstić information content (AvgIpc) is 2.68. The van der Waals surface area contributed by atoms with Crippen LogP contribution < -0.4 is 10.2 Å². The van der Waals surface area contributed by atoms with Gasteiger partial charge >= 0.3 is 0 Å². The number of nitrogens with zero attached hydrogens (tertiary/aromatic N) is 3. The predicted molar refractivity (Wildman–Crippen MR) is 107 cm³/mol. The van der Waals surface area contributed by atoms with E-state index in [9.17, 15) is 19.7 Å². The lowest BCUT2D eigenvalue weighted by atomic mass is 10.1. The fourth-order valence-electron chi connectivity index (χ4n) is 3.17. The van der Waals surface area contributed by atoms with Crippen molar-refractivity contribution in [3.05, 3.63) is 64.2 Å². The summed E-state index contributed by atoms with van der Waals surface area (Å²) >= 11 is 0. The lowest BCUT2D eigenvalue weighted by molar-refractivity contribution is -0.384. The van der Waals surface area contributed by atoms with E-state index in [1.54, 1.807) is 19.1 Å². The molecule has 146 valence electrons. The van der Waals surface area contributed by atoms with Gasteiger partial charge in [0.05, 0.1) is 11.5 Å². The second-order valence-corrected chi connectivity index (χ2v) is 6.72. The number of nitro groups is 1. The molecule has 8 heteroatoms. The number of hydrogen-bond donors (Lipinski definition) is 1. The second kappa shape index (κ2) is 8.62. The van der Waals surface area contributed by atoms with Crippen molar-refractivity contribution in [3.63, 3.8) is 0 Å². The van der Waals surface area contributed by atoms with Crippen molar-refractivity contribution in [2.24, 2.45) is 0 Å². The van der Waals surface area contributed by atoms with Gasteiger partial charge in [0.2, 0.25) is 5.91 Å². The summed E-state index contributed by atoms with van der Waals surface area (Å²) < 4.78 is 0. The van der Waals surface area contributed by atoms with Gasteiger partial charge in [-0.05, 0) is 37.3 Å². The minimum atomic E-state index is -0.488. The maximum atomic E-state index is 12.2. The molecule has 0 radical (unpaired) electrons. The Morgan fingerprint density at radius 2 is 1.75 bits per heavy atom. The molecule has 1 fully saturated rings. The molecule has 0 aliphatic carbocycles. The molecule has 1 N–H and O–H groups in total. The van der Waals surface area contributed by atoms with Crippen LogP contribution >= 0.6 is 0 Å². The van der Waals surface area contributed by atoms with Crippen LogP contribution in [-0.4, -0.2) is 54.2 Å². The number of rotatable bonds is 6. The fourth-order valence-corrected chi connectivity index (χ4v) is 3.17. The highest BCUT2D eigenvalue weighted by atomic mass is 16.6. The van der Waals surface area contributed by atoms with Gasteiger partial charge in [0.15, 0.2) is 5.78 Å². The zero-order valence-corrected chi connectivity index (χ0v) is 15.6. The Balaban J connectivity index is 1.50. The van der Waals surface area contributed by atoms with E-state index in [0.717, 1.165) is 31.9 Å². The van der Waals surface area contributed by atoms with E-state index in [2.05, 4.69) is 10.2 Å². The zero-order valence-electron chi connectivity index (χ0n) is 15.6. The summed E-state index contributed by atoms with van der Waals surface area (Å²) in [6.07, 6.45) is 0. The first-order valence-corrected chi connectivity index (χ1v) is 9.05. The largest absolute Gasteiger partial charge is 0.369 e. The summed E-state index contributed by atoms with van der Waals surface area (Å²) in [6, 6.07) is 13.5. The number of nitrogens with one attached hydrogen (secondary N) is 1. The summed E-state index contributed by atoms with van der Waals surface area (Å²) in [5, 5.41) is 13.5. The molecule has 0 atom stereocenters. The van der Waals surface area contributed by atoms with Gasteiger partial charge < -0.3 is 10.2 Å². The first-order chi connectivity index (χ1) is 13.4. The average molecular weight is 382 g/mol. The molecule has 1 saturated heterocycles. The first kappa shape index (κ1) is 19.5. The van der Waals surface area contributed by atoms with Gasteiger partial charge in [-0.25, -0.2) is 0 Å². The molecule has 0 bridgehead atoms. The fraction of sp³-hybridized carbons (Fsp3) is 0.300. The Hall–Kier alpha value is -3.26. The van der Waals surface area contributed by atoms with Crippen LogP contribution in [0.25, 0.3) is 0 Å². The zero-order chi connectivity index (χ0) is 20.1. The molecule has 0 saturated carbocycles. The molecule has 1 aliphatic heterocycles. The number of carbonyl (C=O) groups excluding carboxylic acids is 2. The first-order valence-electron chi connectivity index (χ1n) is 9.05. The SMILES string of the molecule is CC(=O)c1ccc(N2CCN(CC(=O)Nc3cccc([N+](=O)[O-])c3)CC2)cc1. The molecule has 0 unspecified atom stereocenters. The normalized spacial score (nSPS) is 14.5. The maximum absolute atomic E-state index is 12.2. The second-order valence-electron chi connectivity index (χ2n) is 6.72. The molecule has 0 aromatic heterocycles. The highest BCUT2D eigenvalue weighted by molar-refractivity contribution is 5.94. The highest BCUT2D eigenvalue weighted by Gasteiger charge is 2.19. The minimum Gasteiger partial charge on any atom is -0.369 e. The number of piperazine rings is 1. The van der Waals surface area contributed by atoms with Gasteiger partial charge in [-0.15, -0.1) is 0 Å². The van der Waals surface area contributed by atoms with Gasteiger partial charge in [-0.1, -0.05) is 6.07 Å². The number of carbonyl (C=O) groups is 2. The number of nitro benzene ring substituents is 1. The van der Waals surface area contributed by atoms with E-state index in [0.29, 0.717) is 11.3 Å². The number of non-ortho nitro benzene ring substituents is 1. The number of ketones is 1. The Bertz CT molecular complexity index is 874. The van der Waals surface area contributed by atoms with Crippen LogP contribution in [0.5, 0.6) is 0 Å². The lowest BCUT2D eigenvalue weighted by Crippen LogP contribution is -2.48. The predicted octanol–water partition coefficient (Wildman–Crippen LogP) is 2.56. The number of Topliss-reactive ketones (excluding diaryl/α,β-unsaturated/α-hetero) is 1. The molecule has 0 spiro atoms. The van der Waals surface area contributed by atoms with Gasteiger partial charge in [-0.2, -0.15) is 0 Å². The van der Waals surface area contributed by atoms with E-state index in [-0.39, 0.29) is 23.9 Å². The highest BCUT2D eigenvalue weighted by Crippen LogP contribution is 2.19. The summed E-state index contributed by atoms with van der Waals surface area (Å²) in [6.45, 7) is 4.81. The third-order valence-corrected chi connectivity index (χ3v) is 4.72. The van der Waals surface area contributed by atoms with Crippen molar-refractivity contribution in [2.45, 2.75) is 6.92 Å². The third kappa shape index (κ3) is 4.92. The quantitative estimate of drug-likeness (QED) is 0.469. The molecule has 2 aromatic rings. The Labute approximate surface area is 162 Å². The third-order valence-electron chi connectivity index (χ3n) is 4.72. The standard InChI is InChI=1S/C20H22N4O4/c1-15(25)16-5-7-18(8-6-16)23-11-9-22(10-12-23)14-20(26)21-17-3-2-4-19(13-17)24(27)28/h2-8,13H,9-12,14H2,1H3,(H,21,26). The van der Waals surface area contributed by atoms with Crippen LogP contribution in [-0.2, 0) is 4.79 Å². The number of hydrogen-bond acceptors (Lipinski definition) is 6. The molecular formula is C20H22N4O4. The molecule has 1 aliphatic rings. The Morgan fingerprint density at radius 1 is 1.07 bits per heavy atom. The Kier molecular flexibility index (Phi) is 6.00. The van der Waals surface area contributed by atoms with Gasteiger partial charge in [0.1, 0.15) is 0 Å². The van der Waals surface area contributed by atoms with Crippen molar-refractivity contribution < 1.29 is 14.5 Å². The number of anilines is 2. The molecule has 28 heavy (non-hydrogen) atoms. The van der Waals surface area contributed by atoms with E-state index < -0.39 is 4.92 Å². The van der Waals surface area contributed by atoms with Gasteiger partial charge in [-0.3, -0.25) is 24.6 Å². The molecule has 2 aromatic carbocycles. The minimum absolute atomic E-state index is 0.0473. The van der Waals surface area contributed by atoms with E-state index in [1.807, 2.05) is 29.2 Å². The van der Waals surface area contributed by atoms with Crippen molar-refractivity contribution in [2.75, 3.05) is 42.9 Å². The van der Waals surface area contributed by atoms with Crippen LogP contribution in [0.15, 0.2) is 48.5 Å². The smallest absolute Gasteiger partial charge is 0.271 e. The monoisotopic (exact) mass is 382 g/mol. The molecule has 8 nitrogen and oxygen atoms in total. The molecule has 1 heterocycles. The van der Waals surface area contributed by atoms with E-state index in [4.69, 9.17) is 0 Å². The van der Waals surface area contributed by atoms with Crippen molar-refractivity contribution >= 4 is 28.8 Å². The maximum Gasteiger partial charge on any atom is 0.271 e. The lowest BCUT2D eigenvalue weighted by Gasteiger charge is -2.35. The summed E-state index contributed by atoms with van der Waals surface area (Å²) in [5.74, 6) is -0.147. The summed E-state index contributed by atoms with van der Waals surface area (Å²) in [4.78, 5) is 38.2. The summed E-state index contributed by atoms with van der Waals surface area (Å²) in [7, 11) is 0. The van der Waals surface area contributed by atoms with Crippen molar-refractivity contribution in [1.29, 1.82) is 0 Å². The van der Waals surface area contributed by atoms with Gasteiger partial charge in [0, 0.05) is 55.2 Å². The van der Waals surface area contributed by atoms with Crippen LogP contribution in [0.3, 0.4) is 0 Å².